The van der Waals surface area contributed by atoms with E-state index in [1.165, 1.54) is 11.1 Å². The van der Waals surface area contributed by atoms with Gasteiger partial charge in [-0.2, -0.15) is 0 Å². The lowest BCUT2D eigenvalue weighted by Crippen LogP contribution is -2.18. The van der Waals surface area contributed by atoms with Crippen molar-refractivity contribution in [2.45, 2.75) is 26.4 Å². The van der Waals surface area contributed by atoms with E-state index in [4.69, 9.17) is 0 Å². The van der Waals surface area contributed by atoms with Gasteiger partial charge in [-0.3, -0.25) is 4.98 Å². The maximum absolute atomic E-state index is 4.30. The van der Waals surface area contributed by atoms with Crippen LogP contribution in [0.25, 0.3) is 0 Å². The van der Waals surface area contributed by atoms with Crippen molar-refractivity contribution in [2.75, 3.05) is 0 Å². The molecule has 1 aromatic carbocycles. The van der Waals surface area contributed by atoms with Crippen molar-refractivity contribution in [3.8, 4) is 0 Å². The number of rotatable bonds is 4. The third-order valence-electron chi connectivity index (χ3n) is 2.89. The van der Waals surface area contributed by atoms with Gasteiger partial charge in [0.15, 0.2) is 0 Å². The van der Waals surface area contributed by atoms with Crippen LogP contribution in [0.3, 0.4) is 0 Å². The molecule has 0 aliphatic heterocycles. The van der Waals surface area contributed by atoms with Gasteiger partial charge in [0.25, 0.3) is 0 Å². The maximum Gasteiger partial charge on any atom is 0.0541 e. The number of hydrogen-bond acceptors (Lipinski definition) is 2. The first kappa shape index (κ1) is 11.8. The summed E-state index contributed by atoms with van der Waals surface area (Å²) in [5, 5.41) is 3.47. The molecule has 0 amide bonds. The zero-order valence-corrected chi connectivity index (χ0v) is 10.4. The van der Waals surface area contributed by atoms with E-state index in [1.807, 2.05) is 24.4 Å². The molecule has 2 rings (SSSR count). The first-order valence-corrected chi connectivity index (χ1v) is 5.95. The Morgan fingerprint density at radius 3 is 2.53 bits per heavy atom. The monoisotopic (exact) mass is 226 g/mol. The predicted octanol–water partition coefficient (Wildman–Crippen LogP) is 3.24. The van der Waals surface area contributed by atoms with Crippen LogP contribution in [-0.4, -0.2) is 4.98 Å². The smallest absolute Gasteiger partial charge is 0.0541 e. The second-order valence-corrected chi connectivity index (χ2v) is 4.33. The Labute approximate surface area is 103 Å². The van der Waals surface area contributed by atoms with Gasteiger partial charge in [-0.15, -0.1) is 0 Å². The molecule has 2 nitrogen and oxygen atoms in total. The Balaban J connectivity index is 1.93. The summed E-state index contributed by atoms with van der Waals surface area (Å²) in [4.78, 5) is 4.30. The van der Waals surface area contributed by atoms with Crippen LogP contribution in [0.4, 0.5) is 0 Å². The van der Waals surface area contributed by atoms with Gasteiger partial charge in [-0.1, -0.05) is 35.9 Å². The molecule has 0 fully saturated rings. The molecule has 0 aliphatic rings. The molecule has 0 aliphatic carbocycles. The van der Waals surface area contributed by atoms with Gasteiger partial charge in [0.1, 0.15) is 0 Å². The summed E-state index contributed by atoms with van der Waals surface area (Å²) < 4.78 is 0. The number of aryl methyl sites for hydroxylation is 1. The molecule has 1 N–H and O–H groups in total. The molecule has 0 radical (unpaired) electrons. The Hall–Kier alpha value is -1.67. The average molecular weight is 226 g/mol. The summed E-state index contributed by atoms with van der Waals surface area (Å²) >= 11 is 0. The highest BCUT2D eigenvalue weighted by molar-refractivity contribution is 5.23. The Bertz CT molecular complexity index is 448. The zero-order valence-electron chi connectivity index (χ0n) is 10.4. The summed E-state index contributed by atoms with van der Waals surface area (Å²) in [6.45, 7) is 5.08. The fourth-order valence-electron chi connectivity index (χ4n) is 1.73. The van der Waals surface area contributed by atoms with Crippen LogP contribution >= 0.6 is 0 Å². The molecular weight excluding hydrogens is 208 g/mol. The van der Waals surface area contributed by atoms with Crippen molar-refractivity contribution >= 4 is 0 Å². The van der Waals surface area contributed by atoms with Gasteiger partial charge < -0.3 is 5.32 Å². The Kier molecular flexibility index (Phi) is 3.89. The lowest BCUT2D eigenvalue weighted by molar-refractivity contribution is 0.568. The highest BCUT2D eigenvalue weighted by atomic mass is 14.9. The van der Waals surface area contributed by atoms with E-state index >= 15 is 0 Å². The second-order valence-electron chi connectivity index (χ2n) is 4.33. The summed E-state index contributed by atoms with van der Waals surface area (Å²) in [5.74, 6) is 0. The van der Waals surface area contributed by atoms with Crippen LogP contribution < -0.4 is 5.32 Å². The van der Waals surface area contributed by atoms with E-state index in [1.54, 1.807) is 0 Å². The van der Waals surface area contributed by atoms with Crippen LogP contribution in [0, 0.1) is 6.92 Å². The third kappa shape index (κ3) is 3.40. The highest BCUT2D eigenvalue weighted by Crippen LogP contribution is 2.13. The number of aromatic nitrogens is 1. The topological polar surface area (TPSA) is 24.9 Å². The van der Waals surface area contributed by atoms with Gasteiger partial charge in [-0.25, -0.2) is 0 Å². The summed E-state index contributed by atoms with van der Waals surface area (Å²) in [6.07, 6.45) is 1.83. The van der Waals surface area contributed by atoms with Crippen LogP contribution in [-0.2, 0) is 6.54 Å². The predicted molar refractivity (Wildman–Crippen MR) is 70.7 cm³/mol. The fourth-order valence-corrected chi connectivity index (χ4v) is 1.73. The lowest BCUT2D eigenvalue weighted by Gasteiger charge is -2.14. The van der Waals surface area contributed by atoms with E-state index in [-0.39, 0.29) is 0 Å². The van der Waals surface area contributed by atoms with Crippen molar-refractivity contribution in [2.24, 2.45) is 0 Å². The number of hydrogen-bond donors (Lipinski definition) is 1. The van der Waals surface area contributed by atoms with Gasteiger partial charge in [0.2, 0.25) is 0 Å². The largest absolute Gasteiger partial charge is 0.305 e. The van der Waals surface area contributed by atoms with Gasteiger partial charge in [0, 0.05) is 18.8 Å². The van der Waals surface area contributed by atoms with E-state index in [9.17, 15) is 0 Å². The number of benzene rings is 1. The minimum atomic E-state index is 0.345. The molecular formula is C15H18N2. The van der Waals surface area contributed by atoms with Crippen molar-refractivity contribution in [3.05, 3.63) is 65.5 Å². The first-order valence-electron chi connectivity index (χ1n) is 5.95. The number of nitrogens with one attached hydrogen (secondary N) is 1. The molecule has 0 saturated heterocycles. The molecule has 0 saturated carbocycles. The minimum absolute atomic E-state index is 0.345. The van der Waals surface area contributed by atoms with Crippen LogP contribution in [0.2, 0.25) is 0 Å². The zero-order chi connectivity index (χ0) is 12.1. The highest BCUT2D eigenvalue weighted by Gasteiger charge is 2.04. The normalized spacial score (nSPS) is 12.4. The van der Waals surface area contributed by atoms with Crippen LogP contribution in [0.5, 0.6) is 0 Å². The molecule has 2 aromatic rings. The molecule has 0 spiro atoms. The summed E-state index contributed by atoms with van der Waals surface area (Å²) in [7, 11) is 0. The average Bonchev–Trinajstić information content (AvgIpc) is 2.38. The molecule has 2 heteroatoms. The summed E-state index contributed by atoms with van der Waals surface area (Å²) in [6, 6.07) is 15.0. The third-order valence-corrected chi connectivity index (χ3v) is 2.89. The maximum atomic E-state index is 4.30. The first-order chi connectivity index (χ1) is 8.25. The fraction of sp³-hybridized carbons (Fsp3) is 0.267. The van der Waals surface area contributed by atoms with Crippen molar-refractivity contribution in [1.82, 2.24) is 10.3 Å². The quantitative estimate of drug-likeness (QED) is 0.865. The van der Waals surface area contributed by atoms with Gasteiger partial charge >= 0.3 is 0 Å². The van der Waals surface area contributed by atoms with Gasteiger partial charge in [0.05, 0.1) is 5.69 Å². The van der Waals surface area contributed by atoms with E-state index in [0.717, 1.165) is 12.2 Å². The molecule has 1 heterocycles. The molecule has 17 heavy (non-hydrogen) atoms. The molecule has 1 atom stereocenters. The van der Waals surface area contributed by atoms with E-state index in [0.29, 0.717) is 6.04 Å². The van der Waals surface area contributed by atoms with Crippen molar-refractivity contribution < 1.29 is 0 Å². The van der Waals surface area contributed by atoms with E-state index < -0.39 is 0 Å². The van der Waals surface area contributed by atoms with Crippen LogP contribution in [0.15, 0.2) is 48.7 Å². The second kappa shape index (κ2) is 5.60. The Morgan fingerprint density at radius 1 is 1.12 bits per heavy atom. The summed E-state index contributed by atoms with van der Waals surface area (Å²) in [5.41, 5.74) is 3.68. The van der Waals surface area contributed by atoms with Crippen LogP contribution in [0.1, 0.15) is 29.8 Å². The molecule has 0 bridgehead atoms. The lowest BCUT2D eigenvalue weighted by atomic mass is 10.1. The standard InChI is InChI=1S/C15H18N2/c1-12-6-8-14(9-7-12)13(2)17-11-15-5-3-4-10-16-15/h3-10,13,17H,11H2,1-2H3/t13-/m0/s1. The number of pyridine rings is 1. The molecule has 88 valence electrons. The van der Waals surface area contributed by atoms with Crippen molar-refractivity contribution in [3.63, 3.8) is 0 Å². The van der Waals surface area contributed by atoms with Gasteiger partial charge in [-0.05, 0) is 31.5 Å². The minimum Gasteiger partial charge on any atom is -0.305 e. The Morgan fingerprint density at radius 2 is 1.88 bits per heavy atom. The molecule has 0 unspecified atom stereocenters. The SMILES string of the molecule is Cc1ccc([C@H](C)NCc2ccccn2)cc1. The van der Waals surface area contributed by atoms with E-state index in [2.05, 4.69) is 48.4 Å². The molecule has 1 aromatic heterocycles. The number of nitrogens with zero attached hydrogens (tertiary/aromatic N) is 1. The van der Waals surface area contributed by atoms with Crippen molar-refractivity contribution in [1.29, 1.82) is 0 Å².